The minimum Gasteiger partial charge on any atom is -0.236 e. The first-order valence-corrected chi connectivity index (χ1v) is 10.0. The number of azo groups is 1. The summed E-state index contributed by atoms with van der Waals surface area (Å²) in [6, 6.07) is 16.4. The van der Waals surface area contributed by atoms with Gasteiger partial charge in [0.25, 0.3) is 0 Å². The second kappa shape index (κ2) is 7.71. The Labute approximate surface area is 176 Å². The number of nitrogens with zero attached hydrogens (tertiary/aromatic N) is 6. The largest absolute Gasteiger partial charge is 0.236 e. The predicted molar refractivity (Wildman–Crippen MR) is 120 cm³/mol. The molecule has 4 aromatic rings. The van der Waals surface area contributed by atoms with Gasteiger partial charge >= 0.3 is 0 Å². The van der Waals surface area contributed by atoms with Crippen LogP contribution in [0.15, 0.2) is 58.8 Å². The van der Waals surface area contributed by atoms with Gasteiger partial charge in [-0.25, -0.2) is 9.36 Å². The molecule has 0 radical (unpaired) electrons. The van der Waals surface area contributed by atoms with E-state index in [2.05, 4.69) is 58.5 Å². The van der Waals surface area contributed by atoms with Crippen molar-refractivity contribution in [1.82, 2.24) is 19.6 Å². The van der Waals surface area contributed by atoms with E-state index in [1.807, 2.05) is 61.3 Å². The molecule has 0 unspecified atom stereocenters. The highest BCUT2D eigenvalue weighted by Gasteiger charge is 2.12. The van der Waals surface area contributed by atoms with Gasteiger partial charge in [-0.05, 0) is 89.1 Å². The summed E-state index contributed by atoms with van der Waals surface area (Å²) in [5.74, 6) is 0. The van der Waals surface area contributed by atoms with E-state index < -0.39 is 0 Å². The normalized spacial score (nSPS) is 11.5. The minimum atomic E-state index is 0.770. The van der Waals surface area contributed by atoms with Crippen LogP contribution in [0, 0.1) is 41.5 Å². The molecule has 0 bridgehead atoms. The lowest BCUT2D eigenvalue weighted by Gasteiger charge is -2.10. The number of hydrogen-bond donors (Lipinski definition) is 0. The number of rotatable bonds is 4. The summed E-state index contributed by atoms with van der Waals surface area (Å²) in [5.41, 5.74) is 9.75. The molecule has 0 atom stereocenters. The van der Waals surface area contributed by atoms with E-state index in [1.165, 1.54) is 0 Å². The average molecular weight is 399 g/mol. The second-order valence-corrected chi connectivity index (χ2v) is 7.86. The first kappa shape index (κ1) is 19.8. The number of aryl methyl sites for hydroxylation is 6. The van der Waals surface area contributed by atoms with Crippen molar-refractivity contribution in [3.8, 4) is 11.4 Å². The van der Waals surface area contributed by atoms with Crippen molar-refractivity contribution in [2.24, 2.45) is 10.2 Å². The van der Waals surface area contributed by atoms with Gasteiger partial charge in [-0.2, -0.15) is 10.2 Å². The molecule has 2 aromatic heterocycles. The molecule has 0 aliphatic carbocycles. The maximum absolute atomic E-state index is 4.63. The van der Waals surface area contributed by atoms with Gasteiger partial charge in [0, 0.05) is 11.4 Å². The number of hydrogen-bond acceptors (Lipinski definition) is 4. The smallest absolute Gasteiger partial charge is 0.111 e. The number of benzene rings is 2. The van der Waals surface area contributed by atoms with Gasteiger partial charge in [0.05, 0.1) is 22.8 Å². The van der Waals surface area contributed by atoms with Crippen LogP contribution in [-0.2, 0) is 0 Å². The van der Waals surface area contributed by atoms with Crippen LogP contribution in [0.2, 0.25) is 0 Å². The molecule has 0 aliphatic rings. The zero-order chi connectivity index (χ0) is 21.4. The summed E-state index contributed by atoms with van der Waals surface area (Å²) in [4.78, 5) is 0. The Hall–Kier alpha value is -3.54. The van der Waals surface area contributed by atoms with Crippen molar-refractivity contribution in [3.05, 3.63) is 82.4 Å². The Morgan fingerprint density at radius 3 is 1.30 bits per heavy atom. The molecule has 0 saturated carbocycles. The topological polar surface area (TPSA) is 60.4 Å². The maximum Gasteiger partial charge on any atom is 0.111 e. The first-order chi connectivity index (χ1) is 14.3. The van der Waals surface area contributed by atoms with Crippen LogP contribution in [0.3, 0.4) is 0 Å². The average Bonchev–Trinajstić information content (AvgIpc) is 3.21. The van der Waals surface area contributed by atoms with Crippen LogP contribution >= 0.6 is 0 Å². The Bertz CT molecular complexity index is 1160. The van der Waals surface area contributed by atoms with Crippen molar-refractivity contribution in [2.45, 2.75) is 41.5 Å². The third-order valence-corrected chi connectivity index (χ3v) is 5.00. The lowest BCUT2D eigenvalue weighted by Crippen LogP contribution is -2.00. The van der Waals surface area contributed by atoms with E-state index in [0.29, 0.717) is 0 Å². The monoisotopic (exact) mass is 398 g/mol. The summed E-state index contributed by atoms with van der Waals surface area (Å²) < 4.78 is 3.85. The molecule has 2 aromatic carbocycles. The molecule has 4 rings (SSSR count). The fourth-order valence-electron chi connectivity index (χ4n) is 3.63. The molecule has 0 aliphatic heterocycles. The molecule has 30 heavy (non-hydrogen) atoms. The van der Waals surface area contributed by atoms with E-state index in [0.717, 1.165) is 56.7 Å². The molecule has 0 saturated heterocycles. The van der Waals surface area contributed by atoms with Crippen molar-refractivity contribution < 1.29 is 0 Å². The highest BCUT2D eigenvalue weighted by atomic mass is 15.3. The summed E-state index contributed by atoms with van der Waals surface area (Å²) in [5, 5.41) is 18.5. The predicted octanol–water partition coefficient (Wildman–Crippen LogP) is 6.32. The second-order valence-electron chi connectivity index (χ2n) is 7.86. The molecule has 6 heteroatoms. The molecule has 0 spiro atoms. The van der Waals surface area contributed by atoms with E-state index in [9.17, 15) is 0 Å². The maximum atomic E-state index is 4.63. The van der Waals surface area contributed by atoms with E-state index in [-0.39, 0.29) is 0 Å². The Morgan fingerprint density at radius 1 is 0.567 bits per heavy atom. The first-order valence-electron chi connectivity index (χ1n) is 10.0. The van der Waals surface area contributed by atoms with Gasteiger partial charge in [-0.1, -0.05) is 12.1 Å². The zero-order valence-electron chi connectivity index (χ0n) is 18.3. The van der Waals surface area contributed by atoms with Gasteiger partial charge in [0.15, 0.2) is 0 Å². The van der Waals surface area contributed by atoms with Crippen LogP contribution in [0.25, 0.3) is 11.4 Å². The minimum absolute atomic E-state index is 0.770. The van der Waals surface area contributed by atoms with Crippen LogP contribution in [0.5, 0.6) is 0 Å². The van der Waals surface area contributed by atoms with Crippen LogP contribution in [0.1, 0.15) is 33.9 Å². The molecule has 0 N–H and O–H groups in total. The SMILES string of the molecule is Cc1ccc(N=Nc2ccc(C)cc2-n2nc(C)cc2C)c(-n2nc(C)cc2C)c1. The highest BCUT2D eigenvalue weighted by molar-refractivity contribution is 5.61. The highest BCUT2D eigenvalue weighted by Crippen LogP contribution is 2.31. The molecule has 0 fully saturated rings. The molecular weight excluding hydrogens is 372 g/mol. The van der Waals surface area contributed by atoms with Crippen molar-refractivity contribution >= 4 is 11.4 Å². The molecule has 2 heterocycles. The summed E-state index contributed by atoms with van der Waals surface area (Å²) >= 11 is 0. The Kier molecular flexibility index (Phi) is 5.08. The lowest BCUT2D eigenvalue weighted by molar-refractivity contribution is 0.827. The van der Waals surface area contributed by atoms with E-state index >= 15 is 0 Å². The van der Waals surface area contributed by atoms with Gasteiger partial charge < -0.3 is 0 Å². The van der Waals surface area contributed by atoms with Gasteiger partial charge in [-0.15, -0.1) is 10.2 Å². The van der Waals surface area contributed by atoms with Gasteiger partial charge in [-0.3, -0.25) is 0 Å². The van der Waals surface area contributed by atoms with E-state index in [4.69, 9.17) is 0 Å². The van der Waals surface area contributed by atoms with Gasteiger partial charge in [0.2, 0.25) is 0 Å². The zero-order valence-corrected chi connectivity index (χ0v) is 18.3. The van der Waals surface area contributed by atoms with Crippen LogP contribution in [0.4, 0.5) is 11.4 Å². The molecular formula is C24H26N6. The van der Waals surface area contributed by atoms with Crippen molar-refractivity contribution in [2.75, 3.05) is 0 Å². The summed E-state index contributed by atoms with van der Waals surface area (Å²) in [6.45, 7) is 12.2. The standard InChI is InChI=1S/C24H26N6/c1-15-7-9-21(23(11-15)29-19(5)13-17(3)27-29)25-26-22-10-8-16(2)12-24(22)30-20(6)14-18(4)28-30/h7-14H,1-6H3. The quantitative estimate of drug-likeness (QED) is 0.377. The van der Waals surface area contributed by atoms with Gasteiger partial charge in [0.1, 0.15) is 11.4 Å². The van der Waals surface area contributed by atoms with Crippen molar-refractivity contribution in [1.29, 1.82) is 0 Å². The molecule has 152 valence electrons. The fraction of sp³-hybridized carbons (Fsp3) is 0.250. The Balaban J connectivity index is 1.81. The van der Waals surface area contributed by atoms with Crippen LogP contribution < -0.4 is 0 Å². The Morgan fingerprint density at radius 2 is 0.967 bits per heavy atom. The lowest BCUT2D eigenvalue weighted by atomic mass is 10.2. The summed E-state index contributed by atoms with van der Waals surface area (Å²) in [6.07, 6.45) is 0. The summed E-state index contributed by atoms with van der Waals surface area (Å²) in [7, 11) is 0. The number of aromatic nitrogens is 4. The van der Waals surface area contributed by atoms with Crippen molar-refractivity contribution in [3.63, 3.8) is 0 Å². The molecule has 0 amide bonds. The van der Waals surface area contributed by atoms with Crippen LogP contribution in [-0.4, -0.2) is 19.6 Å². The fourth-order valence-corrected chi connectivity index (χ4v) is 3.63. The third-order valence-electron chi connectivity index (χ3n) is 5.00. The third kappa shape index (κ3) is 3.81. The van der Waals surface area contributed by atoms with E-state index in [1.54, 1.807) is 0 Å². The molecule has 6 nitrogen and oxygen atoms in total.